The summed E-state index contributed by atoms with van der Waals surface area (Å²) >= 11 is 0. The van der Waals surface area contributed by atoms with Crippen molar-refractivity contribution in [2.24, 2.45) is 0 Å². The van der Waals surface area contributed by atoms with Crippen molar-refractivity contribution in [3.05, 3.63) is 0 Å². The van der Waals surface area contributed by atoms with Gasteiger partial charge in [0.25, 0.3) is 0 Å². The van der Waals surface area contributed by atoms with Crippen LogP contribution in [0, 0.1) is 0 Å². The predicted molar refractivity (Wildman–Crippen MR) is 52.2 cm³/mol. The quantitative estimate of drug-likeness (QED) is 0.541. The Morgan fingerprint density at radius 2 is 0.556 bits per heavy atom. The summed E-state index contributed by atoms with van der Waals surface area (Å²) in [5.41, 5.74) is 0. The molecule has 0 aliphatic carbocycles. The molecule has 0 bridgehead atoms. The van der Waals surface area contributed by atoms with Gasteiger partial charge in [0.15, 0.2) is 0 Å². The van der Waals surface area contributed by atoms with Crippen molar-refractivity contribution in [1.29, 1.82) is 0 Å². The molecular weight excluding hydrogens is 193 g/mol. The zero-order chi connectivity index (χ0) is 7.15. The van der Waals surface area contributed by atoms with Gasteiger partial charge in [-0.1, -0.05) is 0 Å². The third kappa shape index (κ3) is 272. The van der Waals surface area contributed by atoms with Crippen LogP contribution in [0.3, 0.4) is 0 Å². The van der Waals surface area contributed by atoms with Crippen LogP contribution in [0.25, 0.3) is 0 Å². The van der Waals surface area contributed by atoms with Crippen LogP contribution in [0.4, 0.5) is 0 Å². The zero-order valence-electron chi connectivity index (χ0n) is 7.33. The maximum atomic E-state index is 2.27. The predicted octanol–water partition coefficient (Wildman–Crippen LogP) is 2.18. The third-order valence-electron chi connectivity index (χ3n) is 0. The molecule has 9 heavy (non-hydrogen) atoms. The molecule has 0 atom stereocenters. The third-order valence-corrected chi connectivity index (χ3v) is 0. The molecule has 1 radical (unpaired) electrons. The molecule has 0 fully saturated rings. The molecule has 0 rings (SSSR count). The van der Waals surface area contributed by atoms with Gasteiger partial charge in [0.05, 0.1) is 0 Å². The maximum absolute atomic E-state index is 2.27. The van der Waals surface area contributed by atoms with Gasteiger partial charge in [-0.3, -0.25) is 0 Å². The van der Waals surface area contributed by atoms with Crippen molar-refractivity contribution in [3.63, 3.8) is 0 Å². The number of hydrogen-bond donors (Lipinski definition) is 0. The molecule has 0 saturated carbocycles. The molecule has 0 aliphatic heterocycles. The van der Waals surface area contributed by atoms with Crippen molar-refractivity contribution in [1.82, 2.24) is 0 Å². The molecule has 0 saturated heterocycles. The van der Waals surface area contributed by atoms with E-state index in [1.807, 2.05) is 0 Å². The van der Waals surface area contributed by atoms with Crippen molar-refractivity contribution in [2.45, 2.75) is 0 Å². The Kier molecular flexibility index (Phi) is 22.5. The second kappa shape index (κ2) is 12.1. The molecule has 0 heterocycles. The van der Waals surface area contributed by atoms with E-state index in [1.54, 1.807) is 0 Å². The molecule has 0 aromatic heterocycles. The van der Waals surface area contributed by atoms with Crippen LogP contribution < -0.4 is 0 Å². The first kappa shape index (κ1) is 16.8. The van der Waals surface area contributed by atoms with E-state index in [1.165, 1.54) is 0 Å². The Morgan fingerprint density at radius 1 is 0.556 bits per heavy atom. The Morgan fingerprint density at radius 3 is 0.556 bits per heavy atom. The van der Waals surface area contributed by atoms with Crippen molar-refractivity contribution in [3.8, 4) is 0 Å². The van der Waals surface area contributed by atoms with Crippen LogP contribution >= 0.6 is 15.8 Å². The average molecular weight is 213 g/mol. The topological polar surface area (TPSA) is 0 Å². The van der Waals surface area contributed by atoms with E-state index in [-0.39, 0.29) is 32.6 Å². The molecule has 3 heteroatoms. The Labute approximate surface area is 72.9 Å². The summed E-state index contributed by atoms with van der Waals surface area (Å²) in [4.78, 5) is 0. The van der Waals surface area contributed by atoms with Gasteiger partial charge >= 0.3 is 0 Å². The fraction of sp³-hybridized carbons (Fsp3) is 1.00. The molecular formula is C6H20CoP2+2. The van der Waals surface area contributed by atoms with Gasteiger partial charge in [0.2, 0.25) is 0 Å². The number of rotatable bonds is 0. The molecule has 0 N–H and O–H groups in total. The fourth-order valence-corrected chi connectivity index (χ4v) is 0. The molecule has 0 unspecified atom stereocenters. The number of hydrogen-bond acceptors (Lipinski definition) is 0. The van der Waals surface area contributed by atoms with Crippen LogP contribution in [0.5, 0.6) is 0 Å². The summed E-state index contributed by atoms with van der Waals surface area (Å²) in [6.45, 7) is 13.6. The van der Waals surface area contributed by atoms with E-state index in [2.05, 4.69) is 40.0 Å². The maximum Gasteiger partial charge on any atom is 0.0461 e. The molecule has 0 aromatic rings. The Balaban J connectivity index is -0.0000000720. The second-order valence-electron chi connectivity index (χ2n) is 3.00. The van der Waals surface area contributed by atoms with E-state index in [0.717, 1.165) is 0 Å². The summed E-state index contributed by atoms with van der Waals surface area (Å²) in [7, 11) is 0.241. The van der Waals surface area contributed by atoms with Gasteiger partial charge in [-0.05, 0) is 15.8 Å². The average Bonchev–Trinajstić information content (AvgIpc) is 1.25. The van der Waals surface area contributed by atoms with Gasteiger partial charge < -0.3 is 0 Å². The SMILES string of the molecule is C[PH+](C)C.C[PH+](C)C.[Co]. The first-order valence-corrected chi connectivity index (χ1v) is 9.00. The van der Waals surface area contributed by atoms with Gasteiger partial charge in [-0.2, -0.15) is 0 Å². The molecule has 61 valence electrons. The summed E-state index contributed by atoms with van der Waals surface area (Å²) < 4.78 is 0. The van der Waals surface area contributed by atoms with Crippen molar-refractivity contribution < 1.29 is 16.8 Å². The monoisotopic (exact) mass is 213 g/mol. The largest absolute Gasteiger partial charge is 0.0461 e. The van der Waals surface area contributed by atoms with E-state index < -0.39 is 0 Å². The minimum Gasteiger partial charge on any atom is -0.00840 e. The second-order valence-corrected chi connectivity index (χ2v) is 9.00. The summed E-state index contributed by atoms with van der Waals surface area (Å²) in [5, 5.41) is 0. The molecule has 0 spiro atoms. The fourth-order valence-electron chi connectivity index (χ4n) is 0. The van der Waals surface area contributed by atoms with Gasteiger partial charge in [-0.15, -0.1) is 0 Å². The first-order valence-electron chi connectivity index (χ1n) is 3.00. The van der Waals surface area contributed by atoms with Crippen molar-refractivity contribution in [2.75, 3.05) is 40.0 Å². The van der Waals surface area contributed by atoms with Crippen LogP contribution in [-0.2, 0) is 16.8 Å². The van der Waals surface area contributed by atoms with Crippen LogP contribution in [0.15, 0.2) is 0 Å². The van der Waals surface area contributed by atoms with Gasteiger partial charge in [0.1, 0.15) is 0 Å². The van der Waals surface area contributed by atoms with Crippen LogP contribution in [0.2, 0.25) is 0 Å². The molecule has 0 aromatic carbocycles. The Bertz CT molecular complexity index is 26.5. The smallest absolute Gasteiger partial charge is 0.00840 e. The Hall–Kier alpha value is 1.37. The minimum absolute atomic E-state index is 0. The molecule has 0 amide bonds. The normalized spacial score (nSPS) is 8.00. The van der Waals surface area contributed by atoms with E-state index in [4.69, 9.17) is 0 Å². The van der Waals surface area contributed by atoms with Gasteiger partial charge in [0, 0.05) is 56.8 Å². The van der Waals surface area contributed by atoms with E-state index in [9.17, 15) is 0 Å². The summed E-state index contributed by atoms with van der Waals surface area (Å²) in [5.74, 6) is 0. The van der Waals surface area contributed by atoms with Crippen LogP contribution in [0.1, 0.15) is 0 Å². The standard InChI is InChI=1S/2C3H9P.Co/c2*1-4(2)3;/h2*1-3H3;/p+2. The van der Waals surface area contributed by atoms with Crippen LogP contribution in [-0.4, -0.2) is 40.0 Å². The molecule has 0 nitrogen and oxygen atoms in total. The van der Waals surface area contributed by atoms with E-state index >= 15 is 0 Å². The summed E-state index contributed by atoms with van der Waals surface area (Å²) in [6.07, 6.45) is 0. The minimum atomic E-state index is 0. The summed E-state index contributed by atoms with van der Waals surface area (Å²) in [6, 6.07) is 0. The van der Waals surface area contributed by atoms with E-state index in [0.29, 0.717) is 0 Å². The molecule has 0 aliphatic rings. The van der Waals surface area contributed by atoms with Gasteiger partial charge in [-0.25, -0.2) is 0 Å². The zero-order valence-corrected chi connectivity index (χ0v) is 10.4. The van der Waals surface area contributed by atoms with Crippen molar-refractivity contribution >= 4 is 15.8 Å². The first-order chi connectivity index (χ1) is 3.46.